The fraction of sp³-hybridized carbons (Fsp3) is 0.263. The van der Waals surface area contributed by atoms with Crippen LogP contribution in [0.5, 0.6) is 0 Å². The van der Waals surface area contributed by atoms with E-state index in [-0.39, 0.29) is 12.3 Å². The highest BCUT2D eigenvalue weighted by molar-refractivity contribution is 5.33. The molecule has 0 radical (unpaired) electrons. The van der Waals surface area contributed by atoms with Crippen LogP contribution in [-0.2, 0) is 9.47 Å². The Morgan fingerprint density at radius 3 is 2.44 bits per heavy atom. The molecule has 1 unspecified atom stereocenters. The zero-order chi connectivity index (χ0) is 16.9. The summed E-state index contributed by atoms with van der Waals surface area (Å²) in [6.45, 7) is 1.49. The molecular weight excluding hydrogens is 316 g/mol. The second kappa shape index (κ2) is 7.46. The molecular formula is C19H20N4O2. The van der Waals surface area contributed by atoms with Gasteiger partial charge in [-0.15, -0.1) is 0 Å². The highest BCUT2D eigenvalue weighted by Gasteiger charge is 2.17. The van der Waals surface area contributed by atoms with E-state index in [4.69, 9.17) is 9.47 Å². The SMILES string of the molecule is C(=C\n1cccn1)/C(c1ccc(C2OCCCO2)cc1)n1cccn1. The molecule has 0 saturated carbocycles. The molecule has 3 heterocycles. The molecule has 1 saturated heterocycles. The average molecular weight is 336 g/mol. The summed E-state index contributed by atoms with van der Waals surface area (Å²) in [7, 11) is 0. The van der Waals surface area contributed by atoms with Gasteiger partial charge in [0, 0.05) is 36.6 Å². The summed E-state index contributed by atoms with van der Waals surface area (Å²) in [6.07, 6.45) is 12.1. The zero-order valence-electron chi connectivity index (χ0n) is 13.8. The normalized spacial score (nSPS) is 17.1. The molecule has 0 bridgehead atoms. The Labute approximate surface area is 146 Å². The van der Waals surface area contributed by atoms with Crippen molar-refractivity contribution in [2.45, 2.75) is 18.8 Å². The van der Waals surface area contributed by atoms with Gasteiger partial charge in [0.2, 0.25) is 0 Å². The minimum Gasteiger partial charge on any atom is -0.348 e. The summed E-state index contributed by atoms with van der Waals surface area (Å²) in [5, 5.41) is 8.60. The second-order valence-electron chi connectivity index (χ2n) is 5.85. The molecule has 0 N–H and O–H groups in total. The average Bonchev–Trinajstić information content (AvgIpc) is 3.37. The molecule has 0 aliphatic carbocycles. The van der Waals surface area contributed by atoms with E-state index in [9.17, 15) is 0 Å². The Bertz CT molecular complexity index is 789. The van der Waals surface area contributed by atoms with E-state index in [1.54, 1.807) is 17.1 Å². The molecule has 0 spiro atoms. The second-order valence-corrected chi connectivity index (χ2v) is 5.85. The lowest BCUT2D eigenvalue weighted by Crippen LogP contribution is -2.17. The van der Waals surface area contributed by atoms with Crippen LogP contribution >= 0.6 is 0 Å². The van der Waals surface area contributed by atoms with Crippen molar-refractivity contribution in [3.63, 3.8) is 0 Å². The Kier molecular flexibility index (Phi) is 4.72. The van der Waals surface area contributed by atoms with Gasteiger partial charge in [0.15, 0.2) is 6.29 Å². The Hall–Kier alpha value is -2.70. The quantitative estimate of drug-likeness (QED) is 0.717. The van der Waals surface area contributed by atoms with Gasteiger partial charge in [-0.25, -0.2) is 4.68 Å². The smallest absolute Gasteiger partial charge is 0.183 e. The van der Waals surface area contributed by atoms with Crippen LogP contribution in [0.4, 0.5) is 0 Å². The van der Waals surface area contributed by atoms with E-state index in [1.165, 1.54) is 0 Å². The van der Waals surface area contributed by atoms with Crippen LogP contribution in [0.3, 0.4) is 0 Å². The summed E-state index contributed by atoms with van der Waals surface area (Å²) in [4.78, 5) is 0. The van der Waals surface area contributed by atoms with Gasteiger partial charge >= 0.3 is 0 Å². The first-order chi connectivity index (χ1) is 12.4. The lowest BCUT2D eigenvalue weighted by Gasteiger charge is -2.24. The van der Waals surface area contributed by atoms with Crippen molar-refractivity contribution in [1.29, 1.82) is 0 Å². The van der Waals surface area contributed by atoms with Gasteiger partial charge in [0.05, 0.1) is 19.3 Å². The fourth-order valence-corrected chi connectivity index (χ4v) is 2.87. The van der Waals surface area contributed by atoms with E-state index in [1.807, 2.05) is 35.4 Å². The molecule has 1 atom stereocenters. The van der Waals surface area contributed by atoms with Crippen molar-refractivity contribution in [2.75, 3.05) is 13.2 Å². The molecule has 1 aliphatic rings. The summed E-state index contributed by atoms with van der Waals surface area (Å²) >= 11 is 0. The standard InChI is InChI=1S/C19H20N4O2/c1-9-20-22(11-1)13-8-18(23-12-2-10-21-23)16-4-6-17(7-5-16)19-24-14-3-15-25-19/h1-2,4-13,18-19H,3,14-15H2/b13-8+. The number of rotatable bonds is 5. The first kappa shape index (κ1) is 15.8. The third kappa shape index (κ3) is 3.70. The molecule has 0 amide bonds. The highest BCUT2D eigenvalue weighted by Crippen LogP contribution is 2.26. The number of aromatic nitrogens is 4. The summed E-state index contributed by atoms with van der Waals surface area (Å²) in [5.41, 5.74) is 2.17. The summed E-state index contributed by atoms with van der Waals surface area (Å²) in [6, 6.07) is 12.1. The van der Waals surface area contributed by atoms with Gasteiger partial charge in [-0.2, -0.15) is 10.2 Å². The summed E-state index contributed by atoms with van der Waals surface area (Å²) in [5.74, 6) is 0. The fourth-order valence-electron chi connectivity index (χ4n) is 2.87. The Balaban J connectivity index is 1.58. The van der Waals surface area contributed by atoms with E-state index in [2.05, 4.69) is 40.5 Å². The van der Waals surface area contributed by atoms with Crippen LogP contribution in [0.2, 0.25) is 0 Å². The van der Waals surface area contributed by atoms with E-state index in [0.29, 0.717) is 0 Å². The molecule has 25 heavy (non-hydrogen) atoms. The zero-order valence-corrected chi connectivity index (χ0v) is 13.8. The molecule has 1 aliphatic heterocycles. The first-order valence-corrected chi connectivity index (χ1v) is 8.40. The topological polar surface area (TPSA) is 54.1 Å². The van der Waals surface area contributed by atoms with Crippen LogP contribution in [0.25, 0.3) is 6.20 Å². The van der Waals surface area contributed by atoms with Gasteiger partial charge in [0.25, 0.3) is 0 Å². The van der Waals surface area contributed by atoms with Crippen LogP contribution in [0.15, 0.2) is 67.3 Å². The molecule has 6 heteroatoms. The maximum absolute atomic E-state index is 5.67. The number of allylic oxidation sites excluding steroid dienone is 1. The van der Waals surface area contributed by atoms with Gasteiger partial charge in [-0.3, -0.25) is 4.68 Å². The number of hydrogen-bond acceptors (Lipinski definition) is 4. The maximum Gasteiger partial charge on any atom is 0.183 e. The molecule has 128 valence electrons. The Morgan fingerprint density at radius 1 is 1.00 bits per heavy atom. The van der Waals surface area contributed by atoms with Crippen molar-refractivity contribution in [2.24, 2.45) is 0 Å². The van der Waals surface area contributed by atoms with Crippen molar-refractivity contribution < 1.29 is 9.47 Å². The predicted molar refractivity (Wildman–Crippen MR) is 93.6 cm³/mol. The van der Waals surface area contributed by atoms with Crippen molar-refractivity contribution >= 4 is 6.20 Å². The van der Waals surface area contributed by atoms with Crippen molar-refractivity contribution in [3.8, 4) is 0 Å². The van der Waals surface area contributed by atoms with Crippen molar-refractivity contribution in [3.05, 3.63) is 78.4 Å². The molecule has 4 rings (SSSR count). The number of benzene rings is 1. The monoisotopic (exact) mass is 336 g/mol. The van der Waals surface area contributed by atoms with Crippen LogP contribution in [0, 0.1) is 0 Å². The lowest BCUT2D eigenvalue weighted by atomic mass is 10.0. The van der Waals surface area contributed by atoms with Gasteiger partial charge in [-0.05, 0) is 30.2 Å². The molecule has 6 nitrogen and oxygen atoms in total. The molecule has 2 aromatic heterocycles. The van der Waals surface area contributed by atoms with E-state index in [0.717, 1.165) is 30.8 Å². The van der Waals surface area contributed by atoms with Gasteiger partial charge < -0.3 is 9.47 Å². The molecule has 1 aromatic carbocycles. The first-order valence-electron chi connectivity index (χ1n) is 8.40. The van der Waals surface area contributed by atoms with E-state index >= 15 is 0 Å². The molecule has 3 aromatic rings. The maximum atomic E-state index is 5.67. The highest BCUT2D eigenvalue weighted by atomic mass is 16.7. The van der Waals surface area contributed by atoms with Crippen molar-refractivity contribution in [1.82, 2.24) is 19.6 Å². The largest absolute Gasteiger partial charge is 0.348 e. The van der Waals surface area contributed by atoms with Gasteiger partial charge in [-0.1, -0.05) is 24.3 Å². The Morgan fingerprint density at radius 2 is 1.76 bits per heavy atom. The number of hydrogen-bond donors (Lipinski definition) is 0. The van der Waals surface area contributed by atoms with Crippen LogP contribution in [-0.4, -0.2) is 32.8 Å². The summed E-state index contributed by atoms with van der Waals surface area (Å²) < 4.78 is 15.0. The third-order valence-corrected chi connectivity index (χ3v) is 4.13. The number of nitrogens with zero attached hydrogens (tertiary/aromatic N) is 4. The lowest BCUT2D eigenvalue weighted by molar-refractivity contribution is -0.183. The minimum absolute atomic E-state index is 0.0126. The predicted octanol–water partition coefficient (Wildman–Crippen LogP) is 3.28. The van der Waals surface area contributed by atoms with Crippen LogP contribution in [0.1, 0.15) is 29.9 Å². The molecule has 1 fully saturated rings. The van der Waals surface area contributed by atoms with Crippen LogP contribution < -0.4 is 0 Å². The van der Waals surface area contributed by atoms with Gasteiger partial charge in [0.1, 0.15) is 0 Å². The number of ether oxygens (including phenoxy) is 2. The minimum atomic E-state index is -0.259. The van der Waals surface area contributed by atoms with E-state index < -0.39 is 0 Å². The third-order valence-electron chi connectivity index (χ3n) is 4.13.